The first kappa shape index (κ1) is 14.5. The molecule has 1 saturated heterocycles. The number of amides is 1. The molecule has 0 unspecified atom stereocenters. The fourth-order valence-electron chi connectivity index (χ4n) is 3.79. The van der Waals surface area contributed by atoms with Crippen LogP contribution in [0.15, 0.2) is 24.3 Å². The third-order valence-corrected chi connectivity index (χ3v) is 4.85. The number of piperidine rings is 1. The van der Waals surface area contributed by atoms with Crippen molar-refractivity contribution in [3.05, 3.63) is 30.1 Å². The van der Waals surface area contributed by atoms with Gasteiger partial charge in [0.1, 0.15) is 5.82 Å². The van der Waals surface area contributed by atoms with E-state index in [0.29, 0.717) is 12.2 Å². The SMILES string of the molecule is O=C(CN1CC[C@H]2CCCC[C@H]2C1)Nc1cccc(F)c1. The molecule has 1 amide bonds. The van der Waals surface area contributed by atoms with E-state index >= 15 is 0 Å². The first-order valence-electron chi connectivity index (χ1n) is 7.98. The van der Waals surface area contributed by atoms with E-state index in [2.05, 4.69) is 10.2 Å². The van der Waals surface area contributed by atoms with Crippen LogP contribution >= 0.6 is 0 Å². The van der Waals surface area contributed by atoms with Crippen molar-refractivity contribution in [1.29, 1.82) is 0 Å². The van der Waals surface area contributed by atoms with Crippen molar-refractivity contribution in [1.82, 2.24) is 4.90 Å². The fraction of sp³-hybridized carbons (Fsp3) is 0.588. The lowest BCUT2D eigenvalue weighted by atomic mass is 9.75. The zero-order valence-electron chi connectivity index (χ0n) is 12.4. The molecule has 3 nitrogen and oxygen atoms in total. The standard InChI is InChI=1S/C17H23FN2O/c18-15-6-3-7-16(10-15)19-17(21)12-20-9-8-13-4-1-2-5-14(13)11-20/h3,6-7,10,13-14H,1-2,4-5,8-9,11-12H2,(H,19,21)/t13-,14+/m1/s1. The van der Waals surface area contributed by atoms with Crippen molar-refractivity contribution in [3.8, 4) is 0 Å². The van der Waals surface area contributed by atoms with Crippen LogP contribution in [0, 0.1) is 17.7 Å². The average Bonchev–Trinajstić information content (AvgIpc) is 2.47. The Labute approximate surface area is 125 Å². The van der Waals surface area contributed by atoms with E-state index in [9.17, 15) is 9.18 Å². The van der Waals surface area contributed by atoms with Crippen LogP contribution in [0.1, 0.15) is 32.1 Å². The zero-order valence-corrected chi connectivity index (χ0v) is 12.4. The van der Waals surface area contributed by atoms with Crippen LogP contribution in [0.25, 0.3) is 0 Å². The quantitative estimate of drug-likeness (QED) is 0.926. The van der Waals surface area contributed by atoms with Crippen LogP contribution in [0.5, 0.6) is 0 Å². The summed E-state index contributed by atoms with van der Waals surface area (Å²) in [5.74, 6) is 1.28. The number of benzene rings is 1. The molecule has 1 heterocycles. The van der Waals surface area contributed by atoms with Crippen molar-refractivity contribution >= 4 is 11.6 Å². The predicted octanol–water partition coefficient (Wildman–Crippen LogP) is 3.28. The van der Waals surface area contributed by atoms with E-state index in [-0.39, 0.29) is 11.7 Å². The Bertz CT molecular complexity index is 505. The van der Waals surface area contributed by atoms with Gasteiger partial charge in [-0.05, 0) is 49.4 Å². The van der Waals surface area contributed by atoms with E-state index in [1.807, 2.05) is 0 Å². The van der Waals surface area contributed by atoms with Crippen molar-refractivity contribution < 1.29 is 9.18 Å². The van der Waals surface area contributed by atoms with Crippen LogP contribution in [0.4, 0.5) is 10.1 Å². The number of nitrogens with zero attached hydrogens (tertiary/aromatic N) is 1. The normalized spacial score (nSPS) is 26.1. The first-order valence-corrected chi connectivity index (χ1v) is 7.98. The van der Waals surface area contributed by atoms with Crippen LogP contribution < -0.4 is 5.32 Å². The molecule has 114 valence electrons. The summed E-state index contributed by atoms with van der Waals surface area (Å²) in [5.41, 5.74) is 0.535. The van der Waals surface area contributed by atoms with Gasteiger partial charge in [-0.25, -0.2) is 4.39 Å². The van der Waals surface area contributed by atoms with Gasteiger partial charge < -0.3 is 5.32 Å². The lowest BCUT2D eigenvalue weighted by Gasteiger charge is -2.41. The van der Waals surface area contributed by atoms with Gasteiger partial charge in [0.05, 0.1) is 6.54 Å². The molecule has 1 aliphatic heterocycles. The summed E-state index contributed by atoms with van der Waals surface area (Å²) >= 11 is 0. The van der Waals surface area contributed by atoms with Crippen molar-refractivity contribution in [2.75, 3.05) is 25.0 Å². The summed E-state index contributed by atoms with van der Waals surface area (Å²) in [4.78, 5) is 14.3. The molecule has 2 atom stereocenters. The van der Waals surface area contributed by atoms with Gasteiger partial charge in [0.2, 0.25) is 5.91 Å². The van der Waals surface area contributed by atoms with Crippen LogP contribution in [-0.4, -0.2) is 30.4 Å². The summed E-state index contributed by atoms with van der Waals surface area (Å²) in [6, 6.07) is 6.06. The second-order valence-corrected chi connectivity index (χ2v) is 6.39. The number of halogens is 1. The first-order chi connectivity index (χ1) is 10.2. The van der Waals surface area contributed by atoms with Gasteiger partial charge in [-0.15, -0.1) is 0 Å². The summed E-state index contributed by atoms with van der Waals surface area (Å²) in [5, 5.41) is 2.78. The molecule has 21 heavy (non-hydrogen) atoms. The zero-order chi connectivity index (χ0) is 14.7. The van der Waals surface area contributed by atoms with E-state index in [4.69, 9.17) is 0 Å². The Morgan fingerprint density at radius 3 is 2.86 bits per heavy atom. The van der Waals surface area contributed by atoms with E-state index in [1.54, 1.807) is 12.1 Å². The van der Waals surface area contributed by atoms with E-state index < -0.39 is 0 Å². The van der Waals surface area contributed by atoms with Gasteiger partial charge >= 0.3 is 0 Å². The lowest BCUT2D eigenvalue weighted by molar-refractivity contribution is -0.118. The highest BCUT2D eigenvalue weighted by Gasteiger charge is 2.31. The smallest absolute Gasteiger partial charge is 0.238 e. The number of nitrogens with one attached hydrogen (secondary N) is 1. The molecular weight excluding hydrogens is 267 g/mol. The predicted molar refractivity (Wildman–Crippen MR) is 81.5 cm³/mol. The second-order valence-electron chi connectivity index (χ2n) is 6.39. The molecule has 1 saturated carbocycles. The molecule has 4 heteroatoms. The monoisotopic (exact) mass is 290 g/mol. The highest BCUT2D eigenvalue weighted by atomic mass is 19.1. The summed E-state index contributed by atoms with van der Waals surface area (Å²) < 4.78 is 13.1. The topological polar surface area (TPSA) is 32.3 Å². The van der Waals surface area contributed by atoms with E-state index in [0.717, 1.165) is 24.9 Å². The van der Waals surface area contributed by atoms with Gasteiger partial charge in [0.15, 0.2) is 0 Å². The lowest BCUT2D eigenvalue weighted by Crippen LogP contribution is -2.44. The molecule has 1 aromatic rings. The van der Waals surface area contributed by atoms with Crippen molar-refractivity contribution in [3.63, 3.8) is 0 Å². The molecule has 0 radical (unpaired) electrons. The van der Waals surface area contributed by atoms with E-state index in [1.165, 1.54) is 44.2 Å². The maximum Gasteiger partial charge on any atom is 0.238 e. The number of carbonyl (C=O) groups is 1. The Morgan fingerprint density at radius 1 is 1.24 bits per heavy atom. The van der Waals surface area contributed by atoms with Crippen LogP contribution in [-0.2, 0) is 4.79 Å². The largest absolute Gasteiger partial charge is 0.325 e. The highest BCUT2D eigenvalue weighted by molar-refractivity contribution is 5.92. The molecular formula is C17H23FN2O. The summed E-state index contributed by atoms with van der Waals surface area (Å²) in [6.45, 7) is 2.47. The molecule has 1 aliphatic carbocycles. The van der Waals surface area contributed by atoms with Crippen molar-refractivity contribution in [2.45, 2.75) is 32.1 Å². The minimum absolute atomic E-state index is 0.0464. The molecule has 1 N–H and O–H groups in total. The maximum absolute atomic E-state index is 13.1. The van der Waals surface area contributed by atoms with Gasteiger partial charge in [-0.1, -0.05) is 25.3 Å². The minimum Gasteiger partial charge on any atom is -0.325 e. The summed E-state index contributed by atoms with van der Waals surface area (Å²) in [6.07, 6.45) is 6.62. The number of hydrogen-bond donors (Lipinski definition) is 1. The molecule has 2 aliphatic rings. The highest BCUT2D eigenvalue weighted by Crippen LogP contribution is 2.35. The average molecular weight is 290 g/mol. The summed E-state index contributed by atoms with van der Waals surface area (Å²) in [7, 11) is 0. The number of fused-ring (bicyclic) bond motifs is 1. The van der Waals surface area contributed by atoms with Crippen molar-refractivity contribution in [2.24, 2.45) is 11.8 Å². The molecule has 3 rings (SSSR count). The van der Waals surface area contributed by atoms with Gasteiger partial charge in [-0.2, -0.15) is 0 Å². The number of hydrogen-bond acceptors (Lipinski definition) is 2. The molecule has 1 aromatic carbocycles. The third kappa shape index (κ3) is 3.82. The number of carbonyl (C=O) groups excluding carboxylic acids is 1. The molecule has 2 fully saturated rings. The minimum atomic E-state index is -0.323. The van der Waals surface area contributed by atoms with Gasteiger partial charge in [0.25, 0.3) is 0 Å². The Kier molecular flexibility index (Phi) is 4.54. The second kappa shape index (κ2) is 6.56. The Hall–Kier alpha value is -1.42. The molecule has 0 aromatic heterocycles. The maximum atomic E-state index is 13.1. The number of rotatable bonds is 3. The van der Waals surface area contributed by atoms with Gasteiger partial charge in [-0.3, -0.25) is 9.69 Å². The number of anilines is 1. The van der Waals surface area contributed by atoms with Gasteiger partial charge in [0, 0.05) is 12.2 Å². The Balaban J connectivity index is 1.51. The number of likely N-dealkylation sites (tertiary alicyclic amines) is 1. The fourth-order valence-corrected chi connectivity index (χ4v) is 3.79. The molecule has 0 bridgehead atoms. The molecule has 0 spiro atoms. The third-order valence-electron chi connectivity index (χ3n) is 4.85. The Morgan fingerprint density at radius 2 is 2.05 bits per heavy atom. The van der Waals surface area contributed by atoms with Crippen LogP contribution in [0.2, 0.25) is 0 Å². The van der Waals surface area contributed by atoms with Crippen LogP contribution in [0.3, 0.4) is 0 Å².